The first-order valence-electron chi connectivity index (χ1n) is 15.3. The second-order valence-corrected chi connectivity index (χ2v) is 12.3. The third kappa shape index (κ3) is 9.06. The molecule has 0 spiro atoms. The van der Waals surface area contributed by atoms with E-state index < -0.39 is 28.5 Å². The molecule has 0 fully saturated rings. The fourth-order valence-electron chi connectivity index (χ4n) is 4.86. The summed E-state index contributed by atoms with van der Waals surface area (Å²) in [5, 5.41) is 2.93. The number of benzene rings is 3. The van der Waals surface area contributed by atoms with Gasteiger partial charge in [0.05, 0.1) is 38.5 Å². The summed E-state index contributed by atoms with van der Waals surface area (Å²) in [6.07, 6.45) is 2.02. The molecule has 1 unspecified atom stereocenters. The summed E-state index contributed by atoms with van der Waals surface area (Å²) in [4.78, 5) is 29.0. The molecule has 0 bridgehead atoms. The first-order chi connectivity index (χ1) is 22.1. The summed E-state index contributed by atoms with van der Waals surface area (Å²) in [6, 6.07) is 17.0. The van der Waals surface area contributed by atoms with Crippen LogP contribution in [0.5, 0.6) is 23.0 Å². The van der Waals surface area contributed by atoms with E-state index in [1.165, 1.54) is 37.3 Å². The van der Waals surface area contributed by atoms with Crippen molar-refractivity contribution in [2.24, 2.45) is 0 Å². The molecular weight excluding hydrogens is 610 g/mol. The van der Waals surface area contributed by atoms with Gasteiger partial charge in [-0.3, -0.25) is 13.9 Å². The minimum Gasteiger partial charge on any atom is -0.497 e. The van der Waals surface area contributed by atoms with Crippen molar-refractivity contribution in [3.63, 3.8) is 0 Å². The lowest BCUT2D eigenvalue weighted by Gasteiger charge is -2.33. The number of methoxy groups -OCH3 is 3. The van der Waals surface area contributed by atoms with Crippen LogP contribution in [-0.4, -0.2) is 72.2 Å². The highest BCUT2D eigenvalue weighted by Gasteiger charge is 2.34. The van der Waals surface area contributed by atoms with E-state index in [4.69, 9.17) is 18.9 Å². The van der Waals surface area contributed by atoms with Crippen molar-refractivity contribution in [3.8, 4) is 23.0 Å². The van der Waals surface area contributed by atoms with Crippen molar-refractivity contribution >= 4 is 27.5 Å². The predicted molar refractivity (Wildman–Crippen MR) is 177 cm³/mol. The van der Waals surface area contributed by atoms with Gasteiger partial charge >= 0.3 is 0 Å². The number of carbonyl (C=O) groups is 2. The van der Waals surface area contributed by atoms with Crippen molar-refractivity contribution in [1.82, 2.24) is 10.2 Å². The molecule has 0 radical (unpaired) electrons. The van der Waals surface area contributed by atoms with Gasteiger partial charge in [0, 0.05) is 19.2 Å². The molecule has 0 aromatic heterocycles. The van der Waals surface area contributed by atoms with Crippen LogP contribution in [0.25, 0.3) is 0 Å². The lowest BCUT2D eigenvalue weighted by atomic mass is 10.1. The highest BCUT2D eigenvalue weighted by Crippen LogP contribution is 2.33. The molecule has 0 saturated carbocycles. The van der Waals surface area contributed by atoms with Crippen LogP contribution in [0.1, 0.15) is 45.6 Å². The van der Waals surface area contributed by atoms with E-state index in [0.29, 0.717) is 36.8 Å². The van der Waals surface area contributed by atoms with E-state index >= 15 is 0 Å². The third-order valence-corrected chi connectivity index (χ3v) is 9.15. The Hall–Kier alpha value is -4.45. The highest BCUT2D eigenvalue weighted by atomic mass is 32.2. The number of nitrogens with one attached hydrogen (secondary N) is 1. The second kappa shape index (κ2) is 17.3. The van der Waals surface area contributed by atoms with Crippen LogP contribution in [0.2, 0.25) is 0 Å². The number of amides is 2. The van der Waals surface area contributed by atoms with Crippen molar-refractivity contribution in [1.29, 1.82) is 0 Å². The Morgan fingerprint density at radius 3 is 2.04 bits per heavy atom. The maximum Gasteiger partial charge on any atom is 0.264 e. The molecule has 12 heteroatoms. The zero-order valence-electron chi connectivity index (χ0n) is 27.4. The van der Waals surface area contributed by atoms with Crippen LogP contribution in [0, 0.1) is 0 Å². The van der Waals surface area contributed by atoms with Gasteiger partial charge in [0.25, 0.3) is 10.0 Å². The van der Waals surface area contributed by atoms with Gasteiger partial charge in [-0.15, -0.1) is 0 Å². The van der Waals surface area contributed by atoms with E-state index in [1.54, 1.807) is 43.5 Å². The summed E-state index contributed by atoms with van der Waals surface area (Å²) in [5.74, 6) is 0.929. The summed E-state index contributed by atoms with van der Waals surface area (Å²) in [6.45, 7) is 6.11. The standard InChI is InChI=1S/C34H45N3O8S/c1-7-10-21-35-34(39)30(8-2)36(23-25-11-15-27(42-4)16-12-25)33(38)24-37(26-13-17-28(18-14-26)45-9-3)46(40,41)29-19-20-31(43-5)32(22-29)44-6/h11-20,22,30H,7-10,21,23-24H2,1-6H3,(H,35,39). The zero-order valence-corrected chi connectivity index (χ0v) is 28.3. The van der Waals surface area contributed by atoms with Crippen molar-refractivity contribution in [2.75, 3.05) is 45.3 Å². The lowest BCUT2D eigenvalue weighted by molar-refractivity contribution is -0.140. The Labute approximate surface area is 272 Å². The molecule has 1 atom stereocenters. The van der Waals surface area contributed by atoms with Gasteiger partial charge < -0.3 is 29.2 Å². The molecule has 0 aliphatic carbocycles. The number of sulfonamides is 1. The monoisotopic (exact) mass is 655 g/mol. The Morgan fingerprint density at radius 1 is 0.826 bits per heavy atom. The molecule has 1 N–H and O–H groups in total. The average Bonchev–Trinajstić information content (AvgIpc) is 3.07. The molecule has 3 aromatic rings. The van der Waals surface area contributed by atoms with Crippen LogP contribution in [0.3, 0.4) is 0 Å². The summed E-state index contributed by atoms with van der Waals surface area (Å²) in [7, 11) is 0.105. The molecule has 11 nitrogen and oxygen atoms in total. The zero-order chi connectivity index (χ0) is 33.7. The van der Waals surface area contributed by atoms with Crippen LogP contribution >= 0.6 is 0 Å². The van der Waals surface area contributed by atoms with Gasteiger partial charge in [-0.25, -0.2) is 8.42 Å². The lowest BCUT2D eigenvalue weighted by Crippen LogP contribution is -2.52. The van der Waals surface area contributed by atoms with Gasteiger partial charge in [-0.05, 0) is 73.9 Å². The van der Waals surface area contributed by atoms with Gasteiger partial charge in [0.15, 0.2) is 11.5 Å². The molecule has 0 aliphatic rings. The number of hydrogen-bond acceptors (Lipinski definition) is 8. The number of hydrogen-bond donors (Lipinski definition) is 1. The van der Waals surface area contributed by atoms with Gasteiger partial charge in [0.2, 0.25) is 11.8 Å². The topological polar surface area (TPSA) is 124 Å². The maximum absolute atomic E-state index is 14.3. The Morgan fingerprint density at radius 2 is 1.48 bits per heavy atom. The molecular formula is C34H45N3O8S. The van der Waals surface area contributed by atoms with Crippen molar-refractivity contribution in [3.05, 3.63) is 72.3 Å². The maximum atomic E-state index is 14.3. The minimum atomic E-state index is -4.33. The molecule has 0 saturated heterocycles. The van der Waals surface area contributed by atoms with Crippen LogP contribution in [0.4, 0.5) is 5.69 Å². The molecule has 3 rings (SSSR count). The Balaban J connectivity index is 2.09. The molecule has 2 amide bonds. The number of carbonyl (C=O) groups excluding carboxylic acids is 2. The van der Waals surface area contributed by atoms with Crippen molar-refractivity contribution < 1.29 is 37.0 Å². The molecule has 250 valence electrons. The Kier molecular flexibility index (Phi) is 13.5. The van der Waals surface area contributed by atoms with E-state index in [2.05, 4.69) is 5.32 Å². The minimum absolute atomic E-state index is 0.0794. The van der Waals surface area contributed by atoms with E-state index in [9.17, 15) is 18.0 Å². The van der Waals surface area contributed by atoms with E-state index in [1.807, 2.05) is 32.9 Å². The first kappa shape index (κ1) is 36.0. The summed E-state index contributed by atoms with van der Waals surface area (Å²) < 4.78 is 51.1. The fraction of sp³-hybridized carbons (Fsp3) is 0.412. The normalized spacial score (nSPS) is 11.7. The van der Waals surface area contributed by atoms with Gasteiger partial charge in [-0.1, -0.05) is 32.4 Å². The SMILES string of the molecule is CCCCNC(=O)C(CC)N(Cc1ccc(OC)cc1)C(=O)CN(c1ccc(OCC)cc1)S(=O)(=O)c1ccc(OC)c(OC)c1. The molecule has 3 aromatic carbocycles. The highest BCUT2D eigenvalue weighted by molar-refractivity contribution is 7.92. The Bertz CT molecular complexity index is 1530. The van der Waals surface area contributed by atoms with E-state index in [0.717, 1.165) is 22.7 Å². The smallest absolute Gasteiger partial charge is 0.264 e. The van der Waals surface area contributed by atoms with Crippen LogP contribution < -0.4 is 28.6 Å². The van der Waals surface area contributed by atoms with E-state index in [-0.39, 0.29) is 28.8 Å². The van der Waals surface area contributed by atoms with Crippen LogP contribution in [0.15, 0.2) is 71.6 Å². The number of anilines is 1. The number of ether oxygens (including phenoxy) is 4. The molecule has 46 heavy (non-hydrogen) atoms. The fourth-order valence-corrected chi connectivity index (χ4v) is 6.29. The van der Waals surface area contributed by atoms with Crippen molar-refractivity contribution in [2.45, 2.75) is 57.5 Å². The summed E-state index contributed by atoms with van der Waals surface area (Å²) >= 11 is 0. The third-order valence-electron chi connectivity index (χ3n) is 7.39. The average molecular weight is 656 g/mol. The largest absolute Gasteiger partial charge is 0.497 e. The second-order valence-electron chi connectivity index (χ2n) is 10.4. The number of rotatable bonds is 18. The van der Waals surface area contributed by atoms with Crippen LogP contribution in [-0.2, 0) is 26.2 Å². The molecule has 0 aliphatic heterocycles. The predicted octanol–water partition coefficient (Wildman–Crippen LogP) is 5.03. The number of nitrogens with zero attached hydrogens (tertiary/aromatic N) is 2. The quantitative estimate of drug-likeness (QED) is 0.189. The van der Waals surface area contributed by atoms with Gasteiger partial charge in [0.1, 0.15) is 24.1 Å². The number of unbranched alkanes of at least 4 members (excludes halogenated alkanes) is 1. The summed E-state index contributed by atoms with van der Waals surface area (Å²) in [5.41, 5.74) is 1.00. The van der Waals surface area contributed by atoms with Gasteiger partial charge in [-0.2, -0.15) is 0 Å². The molecule has 0 heterocycles. The first-order valence-corrected chi connectivity index (χ1v) is 16.7.